The van der Waals surface area contributed by atoms with Gasteiger partial charge in [-0.15, -0.1) is 0 Å². The molecule has 0 bridgehead atoms. The summed E-state index contributed by atoms with van der Waals surface area (Å²) >= 11 is 0. The molecule has 3 N–H and O–H groups in total. The summed E-state index contributed by atoms with van der Waals surface area (Å²) < 4.78 is 0. The normalized spacial score (nSPS) is 11.0. The van der Waals surface area contributed by atoms with E-state index in [0.29, 0.717) is 6.42 Å². The highest BCUT2D eigenvalue weighted by atomic mass is 16.2. The van der Waals surface area contributed by atoms with Gasteiger partial charge >= 0.3 is 11.8 Å². The summed E-state index contributed by atoms with van der Waals surface area (Å²) in [4.78, 5) is 26.0. The summed E-state index contributed by atoms with van der Waals surface area (Å²) in [5, 5.41) is 2.59. The van der Waals surface area contributed by atoms with Crippen LogP contribution in [-0.4, -0.2) is 22.3 Å². The lowest BCUT2D eigenvalue weighted by Crippen LogP contribution is -2.49. The SMILES string of the molecule is Cc1cc(CC(C)(C)NC(=O)C(N)=O)ccn1. The molecule has 0 aromatic carbocycles. The molecule has 0 atom stereocenters. The molecule has 5 heteroatoms. The summed E-state index contributed by atoms with van der Waals surface area (Å²) in [5.41, 5.74) is 6.34. The van der Waals surface area contributed by atoms with E-state index in [1.54, 1.807) is 6.20 Å². The number of nitrogens with one attached hydrogen (secondary N) is 1. The minimum Gasteiger partial charge on any atom is -0.361 e. The van der Waals surface area contributed by atoms with Crippen LogP contribution >= 0.6 is 0 Å². The molecule has 1 aromatic rings. The number of amides is 2. The quantitative estimate of drug-likeness (QED) is 0.739. The Morgan fingerprint density at radius 2 is 2.12 bits per heavy atom. The predicted molar refractivity (Wildman–Crippen MR) is 64.1 cm³/mol. The van der Waals surface area contributed by atoms with Gasteiger partial charge in [0, 0.05) is 17.4 Å². The molecule has 1 aromatic heterocycles. The number of aromatic nitrogens is 1. The van der Waals surface area contributed by atoms with Gasteiger partial charge in [0.1, 0.15) is 0 Å². The van der Waals surface area contributed by atoms with Crippen molar-refractivity contribution in [1.82, 2.24) is 10.3 Å². The largest absolute Gasteiger partial charge is 0.361 e. The molecule has 0 radical (unpaired) electrons. The smallest absolute Gasteiger partial charge is 0.309 e. The highest BCUT2D eigenvalue weighted by Crippen LogP contribution is 2.12. The lowest BCUT2D eigenvalue weighted by atomic mass is 9.95. The number of carbonyl (C=O) groups is 2. The number of rotatable bonds is 3. The minimum absolute atomic E-state index is 0.528. The third-order valence-electron chi connectivity index (χ3n) is 2.28. The monoisotopic (exact) mass is 235 g/mol. The van der Waals surface area contributed by atoms with Gasteiger partial charge in [-0.2, -0.15) is 0 Å². The molecule has 0 aliphatic rings. The van der Waals surface area contributed by atoms with Gasteiger partial charge in [0.15, 0.2) is 0 Å². The van der Waals surface area contributed by atoms with Gasteiger partial charge in [-0.05, 0) is 44.9 Å². The molecule has 5 nitrogen and oxygen atoms in total. The van der Waals surface area contributed by atoms with E-state index in [9.17, 15) is 9.59 Å². The summed E-state index contributed by atoms with van der Waals surface area (Å²) in [7, 11) is 0. The Bertz CT molecular complexity index is 441. The Hall–Kier alpha value is -1.91. The molecule has 0 aliphatic carbocycles. The van der Waals surface area contributed by atoms with E-state index >= 15 is 0 Å². The first kappa shape index (κ1) is 13.2. The first-order chi connectivity index (χ1) is 7.80. The molecule has 0 saturated carbocycles. The van der Waals surface area contributed by atoms with Crippen molar-refractivity contribution in [3.63, 3.8) is 0 Å². The molecule has 0 spiro atoms. The van der Waals surface area contributed by atoms with Gasteiger partial charge in [0.2, 0.25) is 0 Å². The fourth-order valence-corrected chi connectivity index (χ4v) is 1.64. The number of nitrogens with two attached hydrogens (primary N) is 1. The van der Waals surface area contributed by atoms with E-state index in [4.69, 9.17) is 5.73 Å². The summed E-state index contributed by atoms with van der Waals surface area (Å²) in [5.74, 6) is -1.73. The molecule has 0 fully saturated rings. The van der Waals surface area contributed by atoms with Crippen molar-refractivity contribution in [3.8, 4) is 0 Å². The van der Waals surface area contributed by atoms with Crippen molar-refractivity contribution >= 4 is 11.8 Å². The maximum Gasteiger partial charge on any atom is 0.309 e. The van der Waals surface area contributed by atoms with Crippen molar-refractivity contribution < 1.29 is 9.59 Å². The van der Waals surface area contributed by atoms with E-state index in [1.807, 2.05) is 32.9 Å². The third kappa shape index (κ3) is 4.22. The Kier molecular flexibility index (Phi) is 3.83. The highest BCUT2D eigenvalue weighted by Gasteiger charge is 2.23. The zero-order valence-electron chi connectivity index (χ0n) is 10.3. The molecule has 0 unspecified atom stereocenters. The average Bonchev–Trinajstić information content (AvgIpc) is 2.15. The van der Waals surface area contributed by atoms with E-state index in [-0.39, 0.29) is 0 Å². The van der Waals surface area contributed by atoms with Gasteiger partial charge in [0.25, 0.3) is 0 Å². The fraction of sp³-hybridized carbons (Fsp3) is 0.417. The standard InChI is InChI=1S/C12H17N3O2/c1-8-6-9(4-5-14-8)7-12(2,3)15-11(17)10(13)16/h4-6H,7H2,1-3H3,(H2,13,16)(H,15,17). The fourth-order valence-electron chi connectivity index (χ4n) is 1.64. The number of carbonyl (C=O) groups excluding carboxylic acids is 2. The number of aryl methyl sites for hydroxylation is 1. The summed E-state index contributed by atoms with van der Waals surface area (Å²) in [6, 6.07) is 3.82. The van der Waals surface area contributed by atoms with Crippen LogP contribution in [0.25, 0.3) is 0 Å². The Morgan fingerprint density at radius 1 is 1.47 bits per heavy atom. The second-order valence-corrected chi connectivity index (χ2v) is 4.68. The molecule has 2 amide bonds. The third-order valence-corrected chi connectivity index (χ3v) is 2.28. The molecule has 92 valence electrons. The van der Waals surface area contributed by atoms with Gasteiger partial charge in [0.05, 0.1) is 0 Å². The number of hydrogen-bond acceptors (Lipinski definition) is 3. The zero-order chi connectivity index (χ0) is 13.1. The second kappa shape index (κ2) is 4.95. The highest BCUT2D eigenvalue weighted by molar-refractivity contribution is 6.34. The van der Waals surface area contributed by atoms with Crippen molar-refractivity contribution in [2.24, 2.45) is 5.73 Å². The van der Waals surface area contributed by atoms with Crippen LogP contribution in [0.1, 0.15) is 25.1 Å². The lowest BCUT2D eigenvalue weighted by Gasteiger charge is -2.25. The molecular weight excluding hydrogens is 218 g/mol. The van der Waals surface area contributed by atoms with Crippen LogP contribution < -0.4 is 11.1 Å². The Morgan fingerprint density at radius 3 is 2.65 bits per heavy atom. The number of nitrogens with zero attached hydrogens (tertiary/aromatic N) is 1. The van der Waals surface area contributed by atoms with Crippen LogP contribution in [0.5, 0.6) is 0 Å². The average molecular weight is 235 g/mol. The first-order valence-electron chi connectivity index (χ1n) is 5.34. The summed E-state index contributed by atoms with van der Waals surface area (Å²) in [6.45, 7) is 5.58. The van der Waals surface area contributed by atoms with E-state index in [1.165, 1.54) is 0 Å². The van der Waals surface area contributed by atoms with Gasteiger partial charge in [-0.25, -0.2) is 0 Å². The number of pyridine rings is 1. The van der Waals surface area contributed by atoms with Crippen molar-refractivity contribution in [2.75, 3.05) is 0 Å². The minimum atomic E-state index is -0.969. The van der Waals surface area contributed by atoms with Crippen molar-refractivity contribution in [3.05, 3.63) is 29.6 Å². The summed E-state index contributed by atoms with van der Waals surface area (Å²) in [6.07, 6.45) is 2.33. The Labute approximate surface area is 100 Å². The number of primary amides is 1. The second-order valence-electron chi connectivity index (χ2n) is 4.68. The maximum atomic E-state index is 11.2. The first-order valence-corrected chi connectivity index (χ1v) is 5.34. The van der Waals surface area contributed by atoms with Gasteiger partial charge in [-0.3, -0.25) is 14.6 Å². The maximum absolute atomic E-state index is 11.2. The number of hydrogen-bond donors (Lipinski definition) is 2. The predicted octanol–water partition coefficient (Wildman–Crippen LogP) is 0.313. The molecule has 0 saturated heterocycles. The van der Waals surface area contributed by atoms with Gasteiger partial charge < -0.3 is 11.1 Å². The van der Waals surface area contributed by atoms with E-state index in [0.717, 1.165) is 11.3 Å². The molecular formula is C12H17N3O2. The van der Waals surface area contributed by atoms with Crippen molar-refractivity contribution in [1.29, 1.82) is 0 Å². The van der Waals surface area contributed by atoms with Crippen LogP contribution in [0.3, 0.4) is 0 Å². The van der Waals surface area contributed by atoms with Crippen molar-refractivity contribution in [2.45, 2.75) is 32.7 Å². The molecule has 1 heterocycles. The Balaban J connectivity index is 2.72. The van der Waals surface area contributed by atoms with Crippen LogP contribution in [0, 0.1) is 6.92 Å². The van der Waals surface area contributed by atoms with Crippen LogP contribution in [0.15, 0.2) is 18.3 Å². The van der Waals surface area contributed by atoms with Gasteiger partial charge in [-0.1, -0.05) is 0 Å². The van der Waals surface area contributed by atoms with Crippen LogP contribution in [0.4, 0.5) is 0 Å². The van der Waals surface area contributed by atoms with Crippen LogP contribution in [0.2, 0.25) is 0 Å². The van der Waals surface area contributed by atoms with Crippen LogP contribution in [-0.2, 0) is 16.0 Å². The molecule has 1 rings (SSSR count). The van der Waals surface area contributed by atoms with E-state index in [2.05, 4.69) is 10.3 Å². The molecule has 17 heavy (non-hydrogen) atoms. The lowest BCUT2D eigenvalue weighted by molar-refractivity contribution is -0.138. The zero-order valence-corrected chi connectivity index (χ0v) is 10.3. The van der Waals surface area contributed by atoms with E-state index < -0.39 is 17.4 Å². The topological polar surface area (TPSA) is 85.1 Å². The molecule has 0 aliphatic heterocycles.